The standard InChI is InChI=1S/C17H31N3S/c1-5-7-10-20(6-2)17-19-16(14-8-9-14)15(21-17)12-18-11-13(3)4/h13-14,18H,5-12H2,1-4H3. The van der Waals surface area contributed by atoms with Crippen LogP contribution < -0.4 is 10.2 Å². The van der Waals surface area contributed by atoms with Crippen molar-refractivity contribution in [1.82, 2.24) is 10.3 Å². The molecule has 0 unspecified atom stereocenters. The Balaban J connectivity index is 2.04. The second kappa shape index (κ2) is 8.14. The number of anilines is 1. The first-order valence-electron chi connectivity index (χ1n) is 8.60. The van der Waals surface area contributed by atoms with Crippen molar-refractivity contribution in [3.05, 3.63) is 10.6 Å². The van der Waals surface area contributed by atoms with Gasteiger partial charge in [-0.2, -0.15) is 0 Å². The fraction of sp³-hybridized carbons (Fsp3) is 0.824. The van der Waals surface area contributed by atoms with Gasteiger partial charge in [-0.3, -0.25) is 0 Å². The number of unbranched alkanes of at least 4 members (excludes halogenated alkanes) is 1. The Morgan fingerprint density at radius 2 is 2.10 bits per heavy atom. The first-order chi connectivity index (χ1) is 10.2. The number of hydrogen-bond donors (Lipinski definition) is 1. The van der Waals surface area contributed by atoms with Crippen LogP contribution in [0.1, 0.15) is 69.9 Å². The molecule has 0 aliphatic heterocycles. The van der Waals surface area contributed by atoms with E-state index in [1.807, 2.05) is 11.3 Å². The molecule has 0 spiro atoms. The summed E-state index contributed by atoms with van der Waals surface area (Å²) in [5.74, 6) is 1.45. The Labute approximate surface area is 134 Å². The first-order valence-corrected chi connectivity index (χ1v) is 9.42. The maximum absolute atomic E-state index is 5.00. The van der Waals surface area contributed by atoms with Gasteiger partial charge in [0.1, 0.15) is 0 Å². The van der Waals surface area contributed by atoms with E-state index in [0.717, 1.165) is 32.1 Å². The van der Waals surface area contributed by atoms with Gasteiger partial charge >= 0.3 is 0 Å². The van der Waals surface area contributed by atoms with Crippen LogP contribution in [-0.4, -0.2) is 24.6 Å². The van der Waals surface area contributed by atoms with Gasteiger partial charge in [-0.1, -0.05) is 27.2 Å². The van der Waals surface area contributed by atoms with E-state index in [2.05, 4.69) is 37.9 Å². The van der Waals surface area contributed by atoms with E-state index in [0.29, 0.717) is 5.92 Å². The number of thiazole rings is 1. The van der Waals surface area contributed by atoms with Crippen LogP contribution in [0.4, 0.5) is 5.13 Å². The topological polar surface area (TPSA) is 28.2 Å². The average Bonchev–Trinajstić information content (AvgIpc) is 3.21. The molecule has 0 aromatic carbocycles. The molecule has 2 rings (SSSR count). The number of nitrogens with zero attached hydrogens (tertiary/aromatic N) is 2. The number of nitrogens with one attached hydrogen (secondary N) is 1. The van der Waals surface area contributed by atoms with E-state index >= 15 is 0 Å². The fourth-order valence-electron chi connectivity index (χ4n) is 2.50. The molecule has 3 nitrogen and oxygen atoms in total. The molecule has 1 aliphatic rings. The van der Waals surface area contributed by atoms with Gasteiger partial charge < -0.3 is 10.2 Å². The van der Waals surface area contributed by atoms with Crippen molar-refractivity contribution < 1.29 is 0 Å². The van der Waals surface area contributed by atoms with Gasteiger partial charge in [0.15, 0.2) is 5.13 Å². The smallest absolute Gasteiger partial charge is 0.185 e. The van der Waals surface area contributed by atoms with Crippen LogP contribution in [0.5, 0.6) is 0 Å². The summed E-state index contributed by atoms with van der Waals surface area (Å²) in [6, 6.07) is 0. The van der Waals surface area contributed by atoms with E-state index in [1.165, 1.54) is 41.4 Å². The molecule has 1 aromatic rings. The number of hydrogen-bond acceptors (Lipinski definition) is 4. The van der Waals surface area contributed by atoms with Crippen molar-refractivity contribution in [3.63, 3.8) is 0 Å². The van der Waals surface area contributed by atoms with Crippen molar-refractivity contribution in [2.75, 3.05) is 24.5 Å². The molecular formula is C17H31N3S. The maximum Gasteiger partial charge on any atom is 0.185 e. The monoisotopic (exact) mass is 309 g/mol. The minimum Gasteiger partial charge on any atom is -0.348 e. The molecule has 0 atom stereocenters. The van der Waals surface area contributed by atoms with E-state index in [-0.39, 0.29) is 0 Å². The third kappa shape index (κ3) is 4.96. The maximum atomic E-state index is 5.00. The number of aromatic nitrogens is 1. The van der Waals surface area contributed by atoms with Crippen LogP contribution >= 0.6 is 11.3 Å². The zero-order valence-corrected chi connectivity index (χ0v) is 14.9. The predicted octanol–water partition coefficient (Wildman–Crippen LogP) is 4.39. The van der Waals surface area contributed by atoms with E-state index in [4.69, 9.17) is 4.98 Å². The Hall–Kier alpha value is -0.610. The van der Waals surface area contributed by atoms with E-state index in [9.17, 15) is 0 Å². The summed E-state index contributed by atoms with van der Waals surface area (Å²) in [6.07, 6.45) is 5.18. The largest absolute Gasteiger partial charge is 0.348 e. The summed E-state index contributed by atoms with van der Waals surface area (Å²) in [6.45, 7) is 13.3. The highest BCUT2D eigenvalue weighted by Crippen LogP contribution is 2.44. The molecule has 21 heavy (non-hydrogen) atoms. The lowest BCUT2D eigenvalue weighted by Gasteiger charge is -2.19. The molecule has 0 radical (unpaired) electrons. The Bertz CT molecular complexity index is 424. The second-order valence-corrected chi connectivity index (χ2v) is 7.60. The van der Waals surface area contributed by atoms with Gasteiger partial charge in [-0.15, -0.1) is 11.3 Å². The summed E-state index contributed by atoms with van der Waals surface area (Å²) in [7, 11) is 0. The molecule has 120 valence electrons. The SMILES string of the molecule is CCCCN(CC)c1nc(C2CC2)c(CNCC(C)C)s1. The highest BCUT2D eigenvalue weighted by Gasteiger charge is 2.30. The molecule has 0 saturated heterocycles. The minimum absolute atomic E-state index is 0.707. The van der Waals surface area contributed by atoms with Gasteiger partial charge in [0.25, 0.3) is 0 Å². The zero-order valence-electron chi connectivity index (χ0n) is 14.1. The van der Waals surface area contributed by atoms with Crippen molar-refractivity contribution in [3.8, 4) is 0 Å². The lowest BCUT2D eigenvalue weighted by molar-refractivity contribution is 0.553. The quantitative estimate of drug-likeness (QED) is 0.694. The van der Waals surface area contributed by atoms with Crippen LogP contribution in [0.3, 0.4) is 0 Å². The van der Waals surface area contributed by atoms with Crippen LogP contribution in [0.15, 0.2) is 0 Å². The van der Waals surface area contributed by atoms with Gasteiger partial charge in [0, 0.05) is 30.4 Å². The molecule has 1 fully saturated rings. The van der Waals surface area contributed by atoms with Gasteiger partial charge in [0.05, 0.1) is 5.69 Å². The van der Waals surface area contributed by atoms with E-state index in [1.54, 1.807) is 0 Å². The summed E-state index contributed by atoms with van der Waals surface area (Å²) < 4.78 is 0. The van der Waals surface area contributed by atoms with Crippen molar-refractivity contribution in [2.24, 2.45) is 5.92 Å². The summed E-state index contributed by atoms with van der Waals surface area (Å²) in [5.41, 5.74) is 1.39. The molecule has 1 aromatic heterocycles. The molecule has 1 aliphatic carbocycles. The van der Waals surface area contributed by atoms with Crippen LogP contribution in [0.25, 0.3) is 0 Å². The average molecular weight is 310 g/mol. The predicted molar refractivity (Wildman–Crippen MR) is 93.4 cm³/mol. The third-order valence-corrected chi connectivity index (χ3v) is 5.08. The molecule has 0 amide bonds. The Kier molecular flexibility index (Phi) is 6.49. The highest BCUT2D eigenvalue weighted by atomic mass is 32.1. The Morgan fingerprint density at radius 3 is 2.67 bits per heavy atom. The molecule has 0 bridgehead atoms. The van der Waals surface area contributed by atoms with Gasteiger partial charge in [-0.05, 0) is 38.6 Å². The lowest BCUT2D eigenvalue weighted by atomic mass is 10.2. The lowest BCUT2D eigenvalue weighted by Crippen LogP contribution is -2.23. The normalized spacial score (nSPS) is 14.9. The highest BCUT2D eigenvalue weighted by molar-refractivity contribution is 7.15. The minimum atomic E-state index is 0.707. The summed E-state index contributed by atoms with van der Waals surface area (Å²) in [4.78, 5) is 8.92. The van der Waals surface area contributed by atoms with Crippen LogP contribution in [0, 0.1) is 5.92 Å². The second-order valence-electron chi connectivity index (χ2n) is 6.54. The van der Waals surface area contributed by atoms with Gasteiger partial charge in [0.2, 0.25) is 0 Å². The van der Waals surface area contributed by atoms with Crippen molar-refractivity contribution in [1.29, 1.82) is 0 Å². The molecule has 4 heteroatoms. The molecule has 1 heterocycles. The Morgan fingerprint density at radius 1 is 1.33 bits per heavy atom. The molecule has 1 N–H and O–H groups in total. The first kappa shape index (κ1) is 16.8. The summed E-state index contributed by atoms with van der Waals surface area (Å²) >= 11 is 1.91. The van der Waals surface area contributed by atoms with Crippen LogP contribution in [-0.2, 0) is 6.54 Å². The molecular weight excluding hydrogens is 278 g/mol. The summed E-state index contributed by atoms with van der Waals surface area (Å²) in [5, 5.41) is 4.83. The van der Waals surface area contributed by atoms with Crippen LogP contribution in [0.2, 0.25) is 0 Å². The fourth-order valence-corrected chi connectivity index (χ4v) is 3.71. The van der Waals surface area contributed by atoms with Crippen molar-refractivity contribution >= 4 is 16.5 Å². The van der Waals surface area contributed by atoms with Gasteiger partial charge in [-0.25, -0.2) is 4.98 Å². The van der Waals surface area contributed by atoms with Crippen molar-refractivity contribution in [2.45, 2.75) is 65.8 Å². The third-order valence-electron chi connectivity index (χ3n) is 3.95. The van der Waals surface area contributed by atoms with E-state index < -0.39 is 0 Å². The number of rotatable bonds is 10. The molecule has 1 saturated carbocycles. The zero-order chi connectivity index (χ0) is 15.2.